The molecule has 2 atom stereocenters. The number of halogens is 8. The number of likely N-dealkylation sites (N-methyl/N-ethyl adjacent to an activating group) is 1. The van der Waals surface area contributed by atoms with Gasteiger partial charge in [-0.25, -0.2) is 4.98 Å². The highest BCUT2D eigenvalue weighted by Crippen LogP contribution is 2.45. The van der Waals surface area contributed by atoms with Crippen LogP contribution in [0.25, 0.3) is 11.1 Å². The lowest BCUT2D eigenvalue weighted by molar-refractivity contribution is -0.143. The van der Waals surface area contributed by atoms with Crippen LogP contribution in [0.15, 0.2) is 48.7 Å². The van der Waals surface area contributed by atoms with E-state index in [1.807, 2.05) is 0 Å². The lowest BCUT2D eigenvalue weighted by Gasteiger charge is -2.35. The molecule has 4 rings (SSSR count). The fraction of sp³-hybridized carbons (Fsp3) is 0.379. The zero-order valence-corrected chi connectivity index (χ0v) is 24.6. The maximum absolute atomic E-state index is 14.2. The number of aromatic nitrogens is 1. The van der Waals surface area contributed by atoms with Gasteiger partial charge in [0.25, 0.3) is 0 Å². The van der Waals surface area contributed by atoms with Crippen molar-refractivity contribution >= 4 is 40.6 Å². The molecule has 2 heterocycles. The maximum Gasteiger partial charge on any atom is 0.416 e. The van der Waals surface area contributed by atoms with Crippen LogP contribution in [0.4, 0.5) is 37.8 Å². The molecule has 1 aliphatic rings. The van der Waals surface area contributed by atoms with Crippen LogP contribution in [0.1, 0.15) is 37.0 Å². The molecule has 0 spiro atoms. The van der Waals surface area contributed by atoms with E-state index in [-0.39, 0.29) is 42.2 Å². The minimum absolute atomic E-state index is 0.00133. The first-order valence-electron chi connectivity index (χ1n) is 12.9. The van der Waals surface area contributed by atoms with E-state index in [1.165, 1.54) is 39.2 Å². The van der Waals surface area contributed by atoms with Crippen LogP contribution in [-0.4, -0.2) is 53.4 Å². The number of aliphatic hydroxyl groups excluding tert-OH is 2. The number of hydrogen-bond acceptors (Lipinski definition) is 5. The van der Waals surface area contributed by atoms with Crippen molar-refractivity contribution in [3.05, 3.63) is 75.4 Å². The standard InChI is InChI=1S/C29H27Cl2F6N3O3/c1-27(2,15-8-16(28(32,33)34)10-17(9-15)29(35,36)37)26(43)39(3)24-22(21-5-4-18(30)11-23(21)31)6-7-38-25(24)40-13-20(42)12-19(40)14-41/h4-11,19-20,41-42H,12-14H2,1-3H3/t19-,20-/m0/s1. The Balaban J connectivity index is 1.92. The SMILES string of the molecule is CN(C(=O)C(C)(C)c1cc(C(F)(F)F)cc(C(F)(F)F)c1)c1c(-c2ccc(Cl)cc2Cl)ccnc1N1C[C@@H](O)C[C@H]1CO. The van der Waals surface area contributed by atoms with Crippen molar-refractivity contribution in [2.24, 2.45) is 0 Å². The van der Waals surface area contributed by atoms with Crippen molar-refractivity contribution in [3.63, 3.8) is 0 Å². The summed E-state index contributed by atoms with van der Waals surface area (Å²) < 4.78 is 81.9. The Morgan fingerprint density at radius 1 is 0.977 bits per heavy atom. The maximum atomic E-state index is 14.2. The Bertz CT molecular complexity index is 1500. The van der Waals surface area contributed by atoms with Crippen LogP contribution in [0.5, 0.6) is 0 Å². The normalized spacial score (nSPS) is 17.8. The zero-order chi connectivity index (χ0) is 32.1. The van der Waals surface area contributed by atoms with Gasteiger partial charge >= 0.3 is 12.4 Å². The monoisotopic (exact) mass is 649 g/mol. The summed E-state index contributed by atoms with van der Waals surface area (Å²) >= 11 is 12.6. The Morgan fingerprint density at radius 3 is 2.09 bits per heavy atom. The molecule has 2 N–H and O–H groups in total. The Labute approximate surface area is 253 Å². The second-order valence-electron chi connectivity index (χ2n) is 10.8. The molecular formula is C29H27Cl2F6N3O3. The molecule has 0 aliphatic carbocycles. The first-order chi connectivity index (χ1) is 19.9. The minimum atomic E-state index is -5.11. The third kappa shape index (κ3) is 6.57. The molecule has 1 fully saturated rings. The van der Waals surface area contributed by atoms with E-state index in [4.69, 9.17) is 23.2 Å². The van der Waals surface area contributed by atoms with E-state index < -0.39 is 52.5 Å². The molecule has 3 aromatic rings. The number of hydrogen-bond donors (Lipinski definition) is 2. The molecule has 1 amide bonds. The molecular weight excluding hydrogens is 623 g/mol. The van der Waals surface area contributed by atoms with E-state index in [9.17, 15) is 41.4 Å². The molecule has 1 aliphatic heterocycles. The Kier molecular flexibility index (Phi) is 9.01. The Hall–Kier alpha value is -3.06. The van der Waals surface area contributed by atoms with Crippen LogP contribution in [-0.2, 0) is 22.6 Å². The van der Waals surface area contributed by atoms with Gasteiger partial charge in [0.2, 0.25) is 5.91 Å². The molecule has 14 heteroatoms. The number of carbonyl (C=O) groups excluding carboxylic acids is 1. The highest BCUT2D eigenvalue weighted by atomic mass is 35.5. The predicted octanol–water partition coefficient (Wildman–Crippen LogP) is 6.97. The summed E-state index contributed by atoms with van der Waals surface area (Å²) in [5.74, 6) is -0.716. The van der Waals surface area contributed by atoms with Crippen molar-refractivity contribution in [3.8, 4) is 11.1 Å². The van der Waals surface area contributed by atoms with Gasteiger partial charge in [-0.2, -0.15) is 26.3 Å². The van der Waals surface area contributed by atoms with Gasteiger partial charge in [0.1, 0.15) is 0 Å². The van der Waals surface area contributed by atoms with Gasteiger partial charge < -0.3 is 20.0 Å². The first kappa shape index (κ1) is 32.8. The highest BCUT2D eigenvalue weighted by molar-refractivity contribution is 6.36. The van der Waals surface area contributed by atoms with E-state index in [2.05, 4.69) is 4.98 Å². The third-order valence-electron chi connectivity index (χ3n) is 7.49. The van der Waals surface area contributed by atoms with Crippen molar-refractivity contribution in [1.29, 1.82) is 0 Å². The van der Waals surface area contributed by atoms with Gasteiger partial charge in [0.15, 0.2) is 5.82 Å². The minimum Gasteiger partial charge on any atom is -0.394 e. The molecule has 6 nitrogen and oxygen atoms in total. The number of alkyl halides is 6. The molecule has 0 bridgehead atoms. The number of amides is 1. The summed E-state index contributed by atoms with van der Waals surface area (Å²) in [6.07, 6.45) is -9.43. The van der Waals surface area contributed by atoms with Crippen LogP contribution < -0.4 is 9.80 Å². The summed E-state index contributed by atoms with van der Waals surface area (Å²) in [4.78, 5) is 21.3. The fourth-order valence-electron chi connectivity index (χ4n) is 5.19. The van der Waals surface area contributed by atoms with Gasteiger partial charge in [-0.15, -0.1) is 0 Å². The summed E-state index contributed by atoms with van der Waals surface area (Å²) in [6.45, 7) is 2.12. The molecule has 1 saturated heterocycles. The number of anilines is 2. The van der Waals surface area contributed by atoms with Crippen LogP contribution in [0.2, 0.25) is 10.0 Å². The summed E-state index contributed by atoms with van der Waals surface area (Å²) in [5.41, 5.74) is -4.65. The lowest BCUT2D eigenvalue weighted by Crippen LogP contribution is -2.43. The second-order valence-corrected chi connectivity index (χ2v) is 11.7. The summed E-state index contributed by atoms with van der Waals surface area (Å²) in [5, 5.41) is 20.9. The second kappa shape index (κ2) is 11.8. The van der Waals surface area contributed by atoms with Crippen molar-refractivity contribution in [1.82, 2.24) is 4.98 Å². The number of carbonyl (C=O) groups is 1. The molecule has 232 valence electrons. The average Bonchev–Trinajstić information content (AvgIpc) is 3.31. The fourth-order valence-corrected chi connectivity index (χ4v) is 5.70. The van der Waals surface area contributed by atoms with Crippen LogP contribution in [0.3, 0.4) is 0 Å². The van der Waals surface area contributed by atoms with E-state index >= 15 is 0 Å². The smallest absolute Gasteiger partial charge is 0.394 e. The number of nitrogens with zero attached hydrogens (tertiary/aromatic N) is 3. The topological polar surface area (TPSA) is 76.9 Å². The molecule has 0 unspecified atom stereocenters. The van der Waals surface area contributed by atoms with Crippen molar-refractivity contribution in [2.75, 3.05) is 30.0 Å². The average molecular weight is 650 g/mol. The van der Waals surface area contributed by atoms with Gasteiger partial charge in [-0.3, -0.25) is 4.79 Å². The van der Waals surface area contributed by atoms with E-state index in [1.54, 1.807) is 17.0 Å². The molecule has 0 radical (unpaired) electrons. The number of benzene rings is 2. The lowest BCUT2D eigenvalue weighted by atomic mass is 9.81. The number of pyridine rings is 1. The highest BCUT2D eigenvalue weighted by Gasteiger charge is 2.42. The first-order valence-corrected chi connectivity index (χ1v) is 13.7. The third-order valence-corrected chi connectivity index (χ3v) is 8.03. The van der Waals surface area contributed by atoms with Gasteiger partial charge in [-0.05, 0) is 62.2 Å². The quantitative estimate of drug-likeness (QED) is 0.282. The summed E-state index contributed by atoms with van der Waals surface area (Å²) in [7, 11) is 1.32. The molecule has 43 heavy (non-hydrogen) atoms. The van der Waals surface area contributed by atoms with Crippen LogP contribution >= 0.6 is 23.2 Å². The molecule has 2 aromatic carbocycles. The van der Waals surface area contributed by atoms with Gasteiger partial charge in [0, 0.05) is 41.0 Å². The largest absolute Gasteiger partial charge is 0.416 e. The summed E-state index contributed by atoms with van der Waals surface area (Å²) in [6, 6.07) is 6.61. The zero-order valence-electron chi connectivity index (χ0n) is 23.1. The molecule has 0 saturated carbocycles. The van der Waals surface area contributed by atoms with Crippen molar-refractivity contribution < 1.29 is 41.4 Å². The number of rotatable bonds is 6. The van der Waals surface area contributed by atoms with E-state index in [0.29, 0.717) is 28.3 Å². The van der Waals surface area contributed by atoms with Gasteiger partial charge in [0.05, 0.1) is 41.0 Å². The van der Waals surface area contributed by atoms with E-state index in [0.717, 1.165) is 4.90 Å². The van der Waals surface area contributed by atoms with Gasteiger partial charge in [-0.1, -0.05) is 29.3 Å². The predicted molar refractivity (Wildman–Crippen MR) is 151 cm³/mol. The van der Waals surface area contributed by atoms with Crippen molar-refractivity contribution in [2.45, 2.75) is 50.2 Å². The van der Waals surface area contributed by atoms with Crippen LogP contribution in [0, 0.1) is 0 Å². The number of β-amino-alcohol motifs (C(OH)–C–C–N with tert-alkyl or cyclic N) is 1. The number of aliphatic hydroxyl groups is 2. The Morgan fingerprint density at radius 2 is 1.56 bits per heavy atom. The molecule has 1 aromatic heterocycles.